The van der Waals surface area contributed by atoms with Crippen molar-refractivity contribution in [3.63, 3.8) is 0 Å². The fourth-order valence-electron chi connectivity index (χ4n) is 3.20. The largest absolute Gasteiger partial charge is 0.495 e. The van der Waals surface area contributed by atoms with Gasteiger partial charge in [-0.3, -0.25) is 9.79 Å². The molecule has 0 saturated heterocycles. The van der Waals surface area contributed by atoms with Crippen molar-refractivity contribution in [3.05, 3.63) is 53.1 Å². The van der Waals surface area contributed by atoms with Crippen LogP contribution in [0.2, 0.25) is 5.02 Å². The van der Waals surface area contributed by atoms with E-state index in [4.69, 9.17) is 21.1 Å². The number of aliphatic imine (C=N–C) groups is 1. The second-order valence-corrected chi connectivity index (χ2v) is 7.24. The molecule has 1 amide bonds. The molecule has 1 aliphatic carbocycles. The number of carbonyl (C=O) groups is 1. The maximum Gasteiger partial charge on any atom is 0.258 e. The van der Waals surface area contributed by atoms with Crippen LogP contribution in [0.5, 0.6) is 11.5 Å². The molecule has 28 heavy (non-hydrogen) atoms. The van der Waals surface area contributed by atoms with Gasteiger partial charge >= 0.3 is 0 Å². The summed E-state index contributed by atoms with van der Waals surface area (Å²) in [7, 11) is 1.58. The monoisotopic (exact) mass is 400 g/mol. The normalized spacial score (nSPS) is 14.8. The van der Waals surface area contributed by atoms with Crippen LogP contribution in [0.1, 0.15) is 37.7 Å². The predicted octanol–water partition coefficient (Wildman–Crippen LogP) is 4.93. The van der Waals surface area contributed by atoms with Gasteiger partial charge in [0.15, 0.2) is 6.61 Å². The topological polar surface area (TPSA) is 59.9 Å². The van der Waals surface area contributed by atoms with Gasteiger partial charge in [0.05, 0.1) is 17.8 Å². The summed E-state index contributed by atoms with van der Waals surface area (Å²) in [5, 5.41) is 3.57. The lowest BCUT2D eigenvalue weighted by molar-refractivity contribution is -0.124. The van der Waals surface area contributed by atoms with Crippen molar-refractivity contribution in [2.24, 2.45) is 4.99 Å². The summed E-state index contributed by atoms with van der Waals surface area (Å²) in [5.74, 6) is 1.21. The minimum atomic E-state index is -0.0612. The molecule has 0 spiro atoms. The predicted molar refractivity (Wildman–Crippen MR) is 112 cm³/mol. The van der Waals surface area contributed by atoms with E-state index in [1.54, 1.807) is 25.5 Å². The van der Waals surface area contributed by atoms with Gasteiger partial charge in [0, 0.05) is 12.3 Å². The molecule has 0 heterocycles. The Bertz CT molecular complexity index is 815. The standard InChI is InChI=1S/C22H25ClN2O3/c1-27-21-12-9-18(13-20(21)23)24-14-16-7-10-19(11-8-16)28-15-22(26)25-17-5-3-2-4-6-17/h7-14,17H,2-6,15H2,1H3,(H,25,26). The Morgan fingerprint density at radius 3 is 2.61 bits per heavy atom. The van der Waals surface area contributed by atoms with E-state index in [9.17, 15) is 4.79 Å². The molecule has 6 heteroatoms. The van der Waals surface area contributed by atoms with Crippen LogP contribution in [0.3, 0.4) is 0 Å². The number of nitrogens with zero attached hydrogens (tertiary/aromatic N) is 1. The average Bonchev–Trinajstić information content (AvgIpc) is 2.72. The minimum absolute atomic E-state index is 0.0360. The van der Waals surface area contributed by atoms with E-state index < -0.39 is 0 Å². The number of rotatable bonds is 7. The van der Waals surface area contributed by atoms with E-state index in [0.717, 1.165) is 24.1 Å². The summed E-state index contributed by atoms with van der Waals surface area (Å²) in [6.45, 7) is 0.0360. The zero-order valence-electron chi connectivity index (χ0n) is 16.0. The first kappa shape index (κ1) is 20.2. The van der Waals surface area contributed by atoms with Crippen molar-refractivity contribution in [1.82, 2.24) is 5.32 Å². The van der Waals surface area contributed by atoms with Crippen LogP contribution in [0.25, 0.3) is 0 Å². The van der Waals surface area contributed by atoms with Gasteiger partial charge < -0.3 is 14.8 Å². The first-order valence-electron chi connectivity index (χ1n) is 9.54. The Hall–Kier alpha value is -2.53. The third-order valence-electron chi connectivity index (χ3n) is 4.72. The summed E-state index contributed by atoms with van der Waals surface area (Å²) in [6.07, 6.45) is 7.54. The third-order valence-corrected chi connectivity index (χ3v) is 5.01. The van der Waals surface area contributed by atoms with Crippen molar-refractivity contribution < 1.29 is 14.3 Å². The smallest absolute Gasteiger partial charge is 0.258 e. The summed E-state index contributed by atoms with van der Waals surface area (Å²) in [4.78, 5) is 16.4. The van der Waals surface area contributed by atoms with Crippen molar-refractivity contribution >= 4 is 29.4 Å². The van der Waals surface area contributed by atoms with Crippen LogP contribution in [0, 0.1) is 0 Å². The molecule has 0 unspecified atom stereocenters. The fourth-order valence-corrected chi connectivity index (χ4v) is 3.45. The molecule has 1 aliphatic rings. The molecule has 3 rings (SSSR count). The van der Waals surface area contributed by atoms with Crippen molar-refractivity contribution in [1.29, 1.82) is 0 Å². The number of ether oxygens (including phenoxy) is 2. The van der Waals surface area contributed by atoms with Crippen LogP contribution in [0.15, 0.2) is 47.5 Å². The average molecular weight is 401 g/mol. The van der Waals surface area contributed by atoms with Gasteiger partial charge in [-0.05, 0) is 60.9 Å². The SMILES string of the molecule is COc1ccc(N=Cc2ccc(OCC(=O)NC3CCCCC3)cc2)cc1Cl. The molecule has 2 aromatic carbocycles. The van der Waals surface area contributed by atoms with E-state index in [-0.39, 0.29) is 12.5 Å². The Labute approximate surface area is 170 Å². The van der Waals surface area contributed by atoms with Gasteiger partial charge in [-0.15, -0.1) is 0 Å². The second-order valence-electron chi connectivity index (χ2n) is 6.84. The first-order valence-corrected chi connectivity index (χ1v) is 9.91. The van der Waals surface area contributed by atoms with Crippen molar-refractivity contribution in [3.8, 4) is 11.5 Å². The number of hydrogen-bond donors (Lipinski definition) is 1. The quantitative estimate of drug-likeness (QED) is 0.670. The highest BCUT2D eigenvalue weighted by Gasteiger charge is 2.15. The van der Waals surface area contributed by atoms with Gasteiger partial charge in [0.2, 0.25) is 0 Å². The first-order chi connectivity index (χ1) is 13.6. The van der Waals surface area contributed by atoms with Gasteiger partial charge in [0.1, 0.15) is 11.5 Å². The van der Waals surface area contributed by atoms with Crippen LogP contribution in [-0.2, 0) is 4.79 Å². The summed E-state index contributed by atoms with van der Waals surface area (Å²) in [6, 6.07) is 13.1. The van der Waals surface area contributed by atoms with Gasteiger partial charge in [-0.1, -0.05) is 30.9 Å². The second kappa shape index (κ2) is 10.1. The van der Waals surface area contributed by atoms with Crippen molar-refractivity contribution in [2.75, 3.05) is 13.7 Å². The van der Waals surface area contributed by atoms with Crippen LogP contribution >= 0.6 is 11.6 Å². The summed E-state index contributed by atoms with van der Waals surface area (Å²) < 4.78 is 10.7. The molecule has 0 bridgehead atoms. The molecule has 1 saturated carbocycles. The molecule has 148 valence electrons. The molecule has 5 nitrogen and oxygen atoms in total. The van der Waals surface area contributed by atoms with Crippen molar-refractivity contribution in [2.45, 2.75) is 38.1 Å². The van der Waals surface area contributed by atoms with Gasteiger partial charge in [-0.2, -0.15) is 0 Å². The Morgan fingerprint density at radius 2 is 1.93 bits per heavy atom. The highest BCUT2D eigenvalue weighted by Crippen LogP contribution is 2.28. The van der Waals surface area contributed by atoms with E-state index in [1.807, 2.05) is 30.3 Å². The molecular weight excluding hydrogens is 376 g/mol. The van der Waals surface area contributed by atoms with Gasteiger partial charge in [-0.25, -0.2) is 0 Å². The molecule has 0 atom stereocenters. The number of amides is 1. The van der Waals surface area contributed by atoms with E-state index in [0.29, 0.717) is 22.6 Å². The molecule has 2 aromatic rings. The molecular formula is C22H25ClN2O3. The number of methoxy groups -OCH3 is 1. The fraction of sp³-hybridized carbons (Fsp3) is 0.364. The maximum atomic E-state index is 12.0. The minimum Gasteiger partial charge on any atom is -0.495 e. The molecule has 1 fully saturated rings. The number of halogens is 1. The van der Waals surface area contributed by atoms with Crippen LogP contribution in [-0.4, -0.2) is 31.9 Å². The molecule has 0 aliphatic heterocycles. The Morgan fingerprint density at radius 1 is 1.18 bits per heavy atom. The molecule has 1 N–H and O–H groups in total. The number of hydrogen-bond acceptors (Lipinski definition) is 4. The molecule has 0 radical (unpaired) electrons. The lowest BCUT2D eigenvalue weighted by Gasteiger charge is -2.22. The van der Waals surface area contributed by atoms with Crippen LogP contribution in [0.4, 0.5) is 5.69 Å². The Balaban J connectivity index is 1.49. The van der Waals surface area contributed by atoms with Gasteiger partial charge in [0.25, 0.3) is 5.91 Å². The van der Waals surface area contributed by atoms with E-state index in [1.165, 1.54) is 19.3 Å². The highest BCUT2D eigenvalue weighted by atomic mass is 35.5. The zero-order chi connectivity index (χ0) is 19.8. The zero-order valence-corrected chi connectivity index (χ0v) is 16.7. The number of carbonyl (C=O) groups excluding carboxylic acids is 1. The summed E-state index contributed by atoms with van der Waals surface area (Å²) in [5.41, 5.74) is 1.66. The Kier molecular flexibility index (Phi) is 7.31. The third kappa shape index (κ3) is 5.99. The lowest BCUT2D eigenvalue weighted by atomic mass is 9.95. The maximum absolute atomic E-state index is 12.0. The molecule has 0 aromatic heterocycles. The van der Waals surface area contributed by atoms with E-state index >= 15 is 0 Å². The number of benzene rings is 2. The number of nitrogens with one attached hydrogen (secondary N) is 1. The lowest BCUT2D eigenvalue weighted by Crippen LogP contribution is -2.38. The highest BCUT2D eigenvalue weighted by molar-refractivity contribution is 6.32. The van der Waals surface area contributed by atoms with Crippen LogP contribution < -0.4 is 14.8 Å². The summed E-state index contributed by atoms with van der Waals surface area (Å²) >= 11 is 6.11. The van der Waals surface area contributed by atoms with E-state index in [2.05, 4.69) is 10.3 Å².